The number of carbonyl (C=O) groups is 1. The van der Waals surface area contributed by atoms with Crippen LogP contribution in [0.1, 0.15) is 17.9 Å². The molecule has 0 spiro atoms. The number of aliphatic carboxylic acids is 1. The Morgan fingerprint density at radius 2 is 2.25 bits per heavy atom. The highest BCUT2D eigenvalue weighted by molar-refractivity contribution is 5.70. The highest BCUT2D eigenvalue weighted by atomic mass is 19.4. The Labute approximate surface area is 88.7 Å². The summed E-state index contributed by atoms with van der Waals surface area (Å²) >= 11 is 0. The molecule has 0 saturated carbocycles. The van der Waals surface area contributed by atoms with Crippen molar-refractivity contribution in [3.8, 4) is 0 Å². The summed E-state index contributed by atoms with van der Waals surface area (Å²) in [4.78, 5) is 14.2. The quantitative estimate of drug-likeness (QED) is 0.802. The summed E-state index contributed by atoms with van der Waals surface area (Å²) in [6, 6.07) is 0. The molecule has 16 heavy (non-hydrogen) atoms. The van der Waals surface area contributed by atoms with Gasteiger partial charge in [-0.25, -0.2) is 4.98 Å². The van der Waals surface area contributed by atoms with Crippen LogP contribution in [0.4, 0.5) is 13.2 Å². The molecule has 0 bridgehead atoms. The molecule has 0 aromatic carbocycles. The van der Waals surface area contributed by atoms with Crippen molar-refractivity contribution < 1.29 is 23.1 Å². The van der Waals surface area contributed by atoms with Gasteiger partial charge in [-0.3, -0.25) is 4.79 Å². The van der Waals surface area contributed by atoms with Gasteiger partial charge in [0.15, 0.2) is 5.69 Å². The fraction of sp³-hybridized carbons (Fsp3) is 0.556. The Morgan fingerprint density at radius 1 is 1.56 bits per heavy atom. The van der Waals surface area contributed by atoms with E-state index in [1.807, 2.05) is 0 Å². The Morgan fingerprint density at radius 3 is 2.81 bits per heavy atom. The molecule has 1 atom stereocenters. The molecule has 0 saturated heterocycles. The molecule has 0 radical (unpaired) electrons. The van der Waals surface area contributed by atoms with E-state index in [1.165, 1.54) is 4.57 Å². The van der Waals surface area contributed by atoms with Crippen LogP contribution in [-0.2, 0) is 23.9 Å². The minimum atomic E-state index is -4.47. The van der Waals surface area contributed by atoms with Crippen molar-refractivity contribution >= 4 is 5.97 Å². The third kappa shape index (κ3) is 1.89. The van der Waals surface area contributed by atoms with Crippen LogP contribution in [0.2, 0.25) is 0 Å². The number of hydrogen-bond donors (Lipinski definition) is 1. The van der Waals surface area contributed by atoms with Crippen LogP contribution in [0.25, 0.3) is 0 Å². The summed E-state index contributed by atoms with van der Waals surface area (Å²) in [6.07, 6.45) is -2.98. The van der Waals surface area contributed by atoms with Gasteiger partial charge in [0.25, 0.3) is 0 Å². The van der Waals surface area contributed by atoms with E-state index in [0.29, 0.717) is 12.2 Å². The van der Waals surface area contributed by atoms with Crippen molar-refractivity contribution in [2.45, 2.75) is 25.6 Å². The third-order valence-electron chi connectivity index (χ3n) is 2.63. The molecule has 2 heterocycles. The topological polar surface area (TPSA) is 55.1 Å². The first-order chi connectivity index (χ1) is 7.38. The van der Waals surface area contributed by atoms with Crippen LogP contribution in [0.3, 0.4) is 0 Å². The van der Waals surface area contributed by atoms with Gasteiger partial charge in [0.2, 0.25) is 0 Å². The Kier molecular flexibility index (Phi) is 2.40. The van der Waals surface area contributed by atoms with Crippen molar-refractivity contribution in [1.29, 1.82) is 0 Å². The van der Waals surface area contributed by atoms with Crippen LogP contribution in [0.15, 0.2) is 6.20 Å². The van der Waals surface area contributed by atoms with E-state index in [0.717, 1.165) is 6.20 Å². The molecule has 0 aliphatic carbocycles. The summed E-state index contributed by atoms with van der Waals surface area (Å²) < 4.78 is 38.3. The van der Waals surface area contributed by atoms with Gasteiger partial charge in [-0.05, 0) is 6.42 Å². The largest absolute Gasteiger partial charge is 0.481 e. The Balaban J connectivity index is 2.27. The third-order valence-corrected chi connectivity index (χ3v) is 2.63. The summed E-state index contributed by atoms with van der Waals surface area (Å²) in [6.45, 7) is 0.0632. The smallest absolute Gasteiger partial charge is 0.434 e. The first-order valence-electron chi connectivity index (χ1n) is 4.74. The van der Waals surface area contributed by atoms with Gasteiger partial charge in [-0.15, -0.1) is 0 Å². The summed E-state index contributed by atoms with van der Waals surface area (Å²) in [5.74, 6) is -1.29. The number of rotatable bonds is 1. The minimum absolute atomic E-state index is 0.0632. The second-order valence-electron chi connectivity index (χ2n) is 3.77. The van der Waals surface area contributed by atoms with Crippen LogP contribution in [0, 0.1) is 5.92 Å². The van der Waals surface area contributed by atoms with E-state index in [2.05, 4.69) is 4.98 Å². The second-order valence-corrected chi connectivity index (χ2v) is 3.77. The van der Waals surface area contributed by atoms with E-state index in [1.54, 1.807) is 0 Å². The number of nitrogens with zero attached hydrogens (tertiary/aromatic N) is 2. The standard InChI is InChI=1S/C9H9F3N2O2/c10-9(11,12)6-4-14-3-5(8(15)16)1-2-7(14)13-6/h4-5H,1-3H2,(H,15,16). The molecule has 4 nitrogen and oxygen atoms in total. The number of alkyl halides is 3. The molecule has 0 amide bonds. The monoisotopic (exact) mass is 234 g/mol. The maximum atomic E-state index is 12.3. The molecule has 1 unspecified atom stereocenters. The second kappa shape index (κ2) is 3.50. The average molecular weight is 234 g/mol. The van der Waals surface area contributed by atoms with Crippen molar-refractivity contribution in [3.63, 3.8) is 0 Å². The van der Waals surface area contributed by atoms with Crippen LogP contribution in [-0.4, -0.2) is 20.6 Å². The fourth-order valence-corrected chi connectivity index (χ4v) is 1.78. The predicted molar refractivity (Wildman–Crippen MR) is 46.7 cm³/mol. The Hall–Kier alpha value is -1.53. The minimum Gasteiger partial charge on any atom is -0.481 e. The Bertz CT molecular complexity index is 425. The van der Waals surface area contributed by atoms with Gasteiger partial charge in [0.05, 0.1) is 5.92 Å². The van der Waals surface area contributed by atoms with Crippen molar-refractivity contribution in [2.24, 2.45) is 5.92 Å². The number of carboxylic acids is 1. The molecule has 0 fully saturated rings. The number of halogens is 3. The summed E-state index contributed by atoms with van der Waals surface area (Å²) in [5, 5.41) is 8.77. The lowest BCUT2D eigenvalue weighted by Crippen LogP contribution is -2.26. The van der Waals surface area contributed by atoms with E-state index in [4.69, 9.17) is 5.11 Å². The molecule has 1 aromatic heterocycles. The highest BCUT2D eigenvalue weighted by Crippen LogP contribution is 2.30. The predicted octanol–water partition coefficient (Wildman–Crippen LogP) is 1.55. The molecular formula is C9H9F3N2O2. The van der Waals surface area contributed by atoms with E-state index in [9.17, 15) is 18.0 Å². The molecule has 88 valence electrons. The molecule has 1 N–H and O–H groups in total. The number of aryl methyl sites for hydroxylation is 1. The molecular weight excluding hydrogens is 225 g/mol. The van der Waals surface area contributed by atoms with Gasteiger partial charge in [0.1, 0.15) is 5.82 Å². The lowest BCUT2D eigenvalue weighted by Gasteiger charge is -2.19. The fourth-order valence-electron chi connectivity index (χ4n) is 1.78. The van der Waals surface area contributed by atoms with Gasteiger partial charge in [-0.2, -0.15) is 13.2 Å². The maximum Gasteiger partial charge on any atom is 0.434 e. The van der Waals surface area contributed by atoms with Gasteiger partial charge < -0.3 is 9.67 Å². The molecule has 1 aromatic rings. The van der Waals surface area contributed by atoms with Gasteiger partial charge in [0, 0.05) is 19.2 Å². The molecule has 7 heteroatoms. The normalized spacial score (nSPS) is 20.6. The number of fused-ring (bicyclic) bond motifs is 1. The highest BCUT2D eigenvalue weighted by Gasteiger charge is 2.36. The maximum absolute atomic E-state index is 12.3. The molecule has 1 aliphatic rings. The summed E-state index contributed by atoms with van der Waals surface area (Å²) in [7, 11) is 0. The zero-order valence-corrected chi connectivity index (χ0v) is 8.16. The summed E-state index contributed by atoms with van der Waals surface area (Å²) in [5.41, 5.74) is -0.950. The SMILES string of the molecule is O=C(O)C1CCc2nc(C(F)(F)F)cn2C1. The first-order valence-corrected chi connectivity index (χ1v) is 4.74. The zero-order valence-electron chi connectivity index (χ0n) is 8.16. The lowest BCUT2D eigenvalue weighted by atomic mass is 10.00. The van der Waals surface area contributed by atoms with Crippen molar-refractivity contribution in [1.82, 2.24) is 9.55 Å². The molecule has 2 rings (SSSR count). The van der Waals surface area contributed by atoms with E-state index in [-0.39, 0.29) is 13.0 Å². The van der Waals surface area contributed by atoms with Crippen LogP contribution >= 0.6 is 0 Å². The zero-order chi connectivity index (χ0) is 11.9. The molecule has 1 aliphatic heterocycles. The van der Waals surface area contributed by atoms with Crippen molar-refractivity contribution in [2.75, 3.05) is 0 Å². The van der Waals surface area contributed by atoms with Crippen molar-refractivity contribution in [3.05, 3.63) is 17.7 Å². The van der Waals surface area contributed by atoms with E-state index < -0.39 is 23.8 Å². The van der Waals surface area contributed by atoms with Crippen LogP contribution in [0.5, 0.6) is 0 Å². The first kappa shape index (κ1) is 11.0. The van der Waals surface area contributed by atoms with Crippen LogP contribution < -0.4 is 0 Å². The van der Waals surface area contributed by atoms with Gasteiger partial charge >= 0.3 is 12.1 Å². The number of aromatic nitrogens is 2. The number of imidazole rings is 1. The van der Waals surface area contributed by atoms with E-state index >= 15 is 0 Å². The number of carboxylic acid groups (broad SMARTS) is 1. The average Bonchev–Trinajstić information content (AvgIpc) is 2.58. The van der Waals surface area contributed by atoms with Gasteiger partial charge in [-0.1, -0.05) is 0 Å². The lowest BCUT2D eigenvalue weighted by molar-refractivity contribution is -0.142. The number of hydrogen-bond acceptors (Lipinski definition) is 2.